The van der Waals surface area contributed by atoms with Gasteiger partial charge in [-0.05, 0) is 24.3 Å². The number of fused-ring (bicyclic) bond motifs is 1. The number of carbonyl (C=O) groups excluding carboxylic acids is 1. The molecule has 166 valence electrons. The number of rotatable bonds is 6. The second-order valence-electron chi connectivity index (χ2n) is 7.96. The van der Waals surface area contributed by atoms with Gasteiger partial charge < -0.3 is 30.5 Å². The van der Waals surface area contributed by atoms with E-state index in [2.05, 4.69) is 10.2 Å². The normalized spacial score (nSPS) is 20.7. The fourth-order valence-electron chi connectivity index (χ4n) is 4.20. The number of primary amides is 1. The van der Waals surface area contributed by atoms with Gasteiger partial charge >= 0.3 is 6.03 Å². The molecule has 4 rings (SSSR count). The molecule has 1 fully saturated rings. The molecule has 7 nitrogen and oxygen atoms in total. The van der Waals surface area contributed by atoms with Crippen LogP contribution >= 0.6 is 11.6 Å². The number of hydrogen-bond acceptors (Lipinski definition) is 5. The highest BCUT2D eigenvalue weighted by Crippen LogP contribution is 2.50. The predicted octanol–water partition coefficient (Wildman–Crippen LogP) is 3.51. The van der Waals surface area contributed by atoms with Gasteiger partial charge in [-0.1, -0.05) is 29.8 Å². The van der Waals surface area contributed by atoms with Crippen LogP contribution in [0, 0.1) is 0 Å². The maximum Gasteiger partial charge on any atom is 0.316 e. The molecule has 2 aromatic carbocycles. The first kappa shape index (κ1) is 21.7. The number of anilines is 1. The molecule has 31 heavy (non-hydrogen) atoms. The number of likely N-dealkylation sites (tertiary alicyclic amines) is 1. The maximum absolute atomic E-state index is 15.1. The van der Waals surface area contributed by atoms with Crippen molar-refractivity contribution >= 4 is 23.3 Å². The molecule has 2 aromatic rings. The fourth-order valence-corrected chi connectivity index (χ4v) is 4.37. The highest BCUT2D eigenvalue weighted by Gasteiger charge is 2.50. The van der Waals surface area contributed by atoms with Crippen LogP contribution in [0.15, 0.2) is 42.5 Å². The molecule has 0 bridgehead atoms. The number of ether oxygens (including phenoxy) is 2. The number of amides is 2. The first-order valence-corrected chi connectivity index (χ1v) is 10.6. The molecular weight excluding hydrogens is 425 g/mol. The summed E-state index contributed by atoms with van der Waals surface area (Å²) in [5.74, 6) is 0.984. The first-order chi connectivity index (χ1) is 14.9. The van der Waals surface area contributed by atoms with Crippen molar-refractivity contribution in [1.29, 1.82) is 0 Å². The number of benzene rings is 2. The van der Waals surface area contributed by atoms with Crippen molar-refractivity contribution in [2.24, 2.45) is 5.73 Å². The summed E-state index contributed by atoms with van der Waals surface area (Å²) in [6, 6.07) is 11.3. The minimum Gasteiger partial charge on any atom is -0.489 e. The molecule has 0 aromatic heterocycles. The summed E-state index contributed by atoms with van der Waals surface area (Å²) in [5, 5.41) is 13.3. The quantitative estimate of drug-likeness (QED) is 0.627. The summed E-state index contributed by atoms with van der Waals surface area (Å²) >= 11 is 5.94. The lowest BCUT2D eigenvalue weighted by Crippen LogP contribution is -2.50. The van der Waals surface area contributed by atoms with Crippen LogP contribution < -0.4 is 20.5 Å². The number of alkyl halides is 1. The van der Waals surface area contributed by atoms with E-state index in [4.69, 9.17) is 26.8 Å². The monoisotopic (exact) mass is 449 g/mol. The second-order valence-corrected chi connectivity index (χ2v) is 8.40. The van der Waals surface area contributed by atoms with E-state index < -0.39 is 23.9 Å². The lowest BCUT2D eigenvalue weighted by atomic mass is 9.85. The van der Waals surface area contributed by atoms with Crippen molar-refractivity contribution in [3.8, 4) is 11.5 Å². The van der Waals surface area contributed by atoms with Crippen LogP contribution in [-0.2, 0) is 0 Å². The largest absolute Gasteiger partial charge is 0.489 e. The Morgan fingerprint density at radius 1 is 1.35 bits per heavy atom. The molecule has 2 aliphatic heterocycles. The smallest absolute Gasteiger partial charge is 0.316 e. The minimum absolute atomic E-state index is 0.0182. The van der Waals surface area contributed by atoms with E-state index in [1.165, 1.54) is 6.07 Å². The third kappa shape index (κ3) is 4.71. The van der Waals surface area contributed by atoms with Crippen molar-refractivity contribution in [1.82, 2.24) is 4.90 Å². The third-order valence-corrected chi connectivity index (χ3v) is 6.00. The number of aliphatic hydroxyl groups excluding tert-OH is 1. The number of hydrogen-bond donors (Lipinski definition) is 3. The van der Waals surface area contributed by atoms with Gasteiger partial charge in [0.15, 0.2) is 6.17 Å². The zero-order chi connectivity index (χ0) is 22.0. The summed E-state index contributed by atoms with van der Waals surface area (Å²) in [4.78, 5) is 13.2. The predicted molar refractivity (Wildman–Crippen MR) is 115 cm³/mol. The Morgan fingerprint density at radius 3 is 2.81 bits per heavy atom. The van der Waals surface area contributed by atoms with Gasteiger partial charge in [0.05, 0.1) is 5.69 Å². The number of urea groups is 1. The zero-order valence-corrected chi connectivity index (χ0v) is 17.6. The van der Waals surface area contributed by atoms with Crippen LogP contribution in [0.3, 0.4) is 0 Å². The number of β-amino-alcohol motifs (C(OH)–C–C–N with tert-alkyl or cyclic N) is 1. The Kier molecular flexibility index (Phi) is 6.22. The topological polar surface area (TPSA) is 97.1 Å². The van der Waals surface area contributed by atoms with E-state index in [-0.39, 0.29) is 6.61 Å². The van der Waals surface area contributed by atoms with Crippen LogP contribution in [0.2, 0.25) is 5.02 Å². The van der Waals surface area contributed by atoms with Crippen LogP contribution in [-0.4, -0.2) is 54.0 Å². The highest BCUT2D eigenvalue weighted by molar-refractivity contribution is 6.31. The van der Waals surface area contributed by atoms with Crippen molar-refractivity contribution < 1.29 is 23.8 Å². The van der Waals surface area contributed by atoms with Crippen LogP contribution in [0.5, 0.6) is 11.5 Å². The lowest BCUT2D eigenvalue weighted by Gasteiger charge is -2.40. The summed E-state index contributed by atoms with van der Waals surface area (Å²) in [6.45, 7) is 1.62. The number of halogens is 2. The van der Waals surface area contributed by atoms with Crippen LogP contribution in [0.4, 0.5) is 14.9 Å². The van der Waals surface area contributed by atoms with E-state index in [1.807, 2.05) is 18.2 Å². The molecule has 1 saturated heterocycles. The molecule has 1 spiro atoms. The van der Waals surface area contributed by atoms with Crippen LogP contribution in [0.1, 0.15) is 24.6 Å². The molecular formula is C22H25ClFN3O4. The van der Waals surface area contributed by atoms with Gasteiger partial charge in [-0.15, -0.1) is 0 Å². The Bertz CT molecular complexity index is 952. The van der Waals surface area contributed by atoms with Gasteiger partial charge in [0, 0.05) is 43.1 Å². The SMILES string of the molecule is NC(=O)Nc1cc(Cl)ccc1OC[C@@H](O)CN1CCC2(CC1)Oc1ccccc1[C@@H]2F. The number of nitrogens with one attached hydrogen (secondary N) is 1. The number of piperidine rings is 1. The van der Waals surface area contributed by atoms with E-state index >= 15 is 4.39 Å². The first-order valence-electron chi connectivity index (χ1n) is 10.2. The fraction of sp³-hybridized carbons (Fsp3) is 0.409. The molecule has 2 heterocycles. The van der Waals surface area contributed by atoms with Crippen molar-refractivity contribution in [2.45, 2.75) is 30.7 Å². The molecule has 2 aliphatic rings. The van der Waals surface area contributed by atoms with Gasteiger partial charge in [0.25, 0.3) is 0 Å². The van der Waals surface area contributed by atoms with E-state index in [0.29, 0.717) is 60.2 Å². The maximum atomic E-state index is 15.1. The van der Waals surface area contributed by atoms with Gasteiger partial charge in [0.1, 0.15) is 29.8 Å². The van der Waals surface area contributed by atoms with Gasteiger partial charge in [-0.25, -0.2) is 9.18 Å². The minimum atomic E-state index is -1.14. The Morgan fingerprint density at radius 2 is 2.10 bits per heavy atom. The molecule has 0 unspecified atom stereocenters. The van der Waals surface area contributed by atoms with Crippen molar-refractivity contribution in [3.05, 3.63) is 53.1 Å². The van der Waals surface area contributed by atoms with E-state index in [9.17, 15) is 9.90 Å². The summed E-state index contributed by atoms with van der Waals surface area (Å²) in [5.41, 5.74) is 5.30. The van der Waals surface area contributed by atoms with Gasteiger partial charge in [0.2, 0.25) is 0 Å². The van der Waals surface area contributed by atoms with Crippen LogP contribution in [0.25, 0.3) is 0 Å². The summed E-state index contributed by atoms with van der Waals surface area (Å²) < 4.78 is 26.7. The number of aliphatic hydroxyl groups is 1. The number of nitrogens with two attached hydrogens (primary N) is 1. The molecule has 4 N–H and O–H groups in total. The molecule has 2 amide bonds. The van der Waals surface area contributed by atoms with E-state index in [1.54, 1.807) is 18.2 Å². The lowest BCUT2D eigenvalue weighted by molar-refractivity contribution is -0.0448. The summed E-state index contributed by atoms with van der Waals surface area (Å²) in [7, 11) is 0. The molecule has 9 heteroatoms. The number of nitrogens with zero attached hydrogens (tertiary/aromatic N) is 1. The average molecular weight is 450 g/mol. The number of carbonyl (C=O) groups is 1. The molecule has 0 radical (unpaired) electrons. The van der Waals surface area contributed by atoms with Gasteiger partial charge in [-0.2, -0.15) is 0 Å². The molecule has 0 saturated carbocycles. The number of para-hydroxylation sites is 1. The molecule has 0 aliphatic carbocycles. The van der Waals surface area contributed by atoms with Gasteiger partial charge in [-0.3, -0.25) is 0 Å². The highest BCUT2D eigenvalue weighted by atomic mass is 35.5. The van der Waals surface area contributed by atoms with E-state index in [0.717, 1.165) is 0 Å². The third-order valence-electron chi connectivity index (χ3n) is 5.77. The second kappa shape index (κ2) is 8.90. The Balaban J connectivity index is 1.29. The zero-order valence-electron chi connectivity index (χ0n) is 16.9. The Hall–Kier alpha value is -2.55. The Labute approximate surface area is 184 Å². The average Bonchev–Trinajstić information content (AvgIpc) is 3.00. The van der Waals surface area contributed by atoms with Crippen molar-refractivity contribution in [2.75, 3.05) is 31.6 Å². The summed E-state index contributed by atoms with van der Waals surface area (Å²) in [6.07, 6.45) is -0.824. The van der Waals surface area contributed by atoms with Crippen molar-refractivity contribution in [3.63, 3.8) is 0 Å². The standard InChI is InChI=1S/C22H25ClFN3O4/c23-14-5-6-19(17(11-14)26-21(25)29)30-13-15(28)12-27-9-7-22(8-10-27)20(24)16-3-1-2-4-18(16)31-22/h1-6,11,15,20,28H,7-10,12-13H2,(H3,25,26,29)/t15-,20-/m0/s1. The molecule has 2 atom stereocenters.